The van der Waals surface area contributed by atoms with E-state index in [0.29, 0.717) is 0 Å². The molecule has 0 saturated heterocycles. The number of aryl methyl sites for hydroxylation is 2. The van der Waals surface area contributed by atoms with Gasteiger partial charge in [-0.25, -0.2) is 0 Å². The third kappa shape index (κ3) is 2.89. The Labute approximate surface area is 109 Å². The van der Waals surface area contributed by atoms with Crippen LogP contribution in [-0.2, 0) is 19.3 Å². The van der Waals surface area contributed by atoms with Crippen LogP contribution in [0.4, 0.5) is 5.69 Å². The Hall–Kier alpha value is -1.83. The molecular weight excluding hydrogens is 220 g/mol. The lowest BCUT2D eigenvalue weighted by Gasteiger charge is -2.07. The zero-order valence-electron chi connectivity index (χ0n) is 11.1. The number of benzene rings is 1. The fraction of sp³-hybridized carbons (Fsp3) is 0.312. The molecule has 0 aliphatic carbocycles. The van der Waals surface area contributed by atoms with Gasteiger partial charge in [0.05, 0.1) is 0 Å². The summed E-state index contributed by atoms with van der Waals surface area (Å²) in [6.07, 6.45) is 4.85. The van der Waals surface area contributed by atoms with Crippen LogP contribution in [0.3, 0.4) is 0 Å². The van der Waals surface area contributed by atoms with Crippen LogP contribution < -0.4 is 5.73 Å². The number of hydrogen-bond donors (Lipinski definition) is 1. The summed E-state index contributed by atoms with van der Waals surface area (Å²) < 4.78 is 0. The monoisotopic (exact) mass is 240 g/mol. The average Bonchev–Trinajstić information content (AvgIpc) is 2.42. The molecule has 2 nitrogen and oxygen atoms in total. The third-order valence-electron chi connectivity index (χ3n) is 3.27. The Kier molecular flexibility index (Phi) is 3.98. The summed E-state index contributed by atoms with van der Waals surface area (Å²) in [6.45, 7) is 4.27. The molecule has 94 valence electrons. The van der Waals surface area contributed by atoms with E-state index in [2.05, 4.69) is 43.1 Å². The maximum Gasteiger partial charge on any atom is 0.0447 e. The second-order valence-electron chi connectivity index (χ2n) is 4.57. The van der Waals surface area contributed by atoms with Crippen molar-refractivity contribution in [3.8, 4) is 0 Å². The van der Waals surface area contributed by atoms with Crippen LogP contribution in [0.25, 0.3) is 0 Å². The minimum Gasteiger partial charge on any atom is -0.399 e. The van der Waals surface area contributed by atoms with Gasteiger partial charge in [-0.05, 0) is 41.7 Å². The second-order valence-corrected chi connectivity index (χ2v) is 4.57. The van der Waals surface area contributed by atoms with Gasteiger partial charge in [-0.3, -0.25) is 4.98 Å². The molecule has 1 aromatic heterocycles. The molecule has 0 amide bonds. The number of anilines is 1. The van der Waals surface area contributed by atoms with E-state index in [4.69, 9.17) is 5.73 Å². The highest BCUT2D eigenvalue weighted by Gasteiger charge is 2.02. The van der Waals surface area contributed by atoms with Gasteiger partial charge in [0.1, 0.15) is 0 Å². The molecule has 2 aromatic rings. The van der Waals surface area contributed by atoms with Crippen molar-refractivity contribution in [3.05, 3.63) is 58.9 Å². The summed E-state index contributed by atoms with van der Waals surface area (Å²) >= 11 is 0. The molecule has 2 heteroatoms. The molecule has 2 N–H and O–H groups in total. The van der Waals surface area contributed by atoms with Crippen LogP contribution in [0.1, 0.15) is 36.2 Å². The number of hydrogen-bond acceptors (Lipinski definition) is 2. The normalized spacial score (nSPS) is 10.6. The van der Waals surface area contributed by atoms with Crippen LogP contribution in [0.15, 0.2) is 36.5 Å². The van der Waals surface area contributed by atoms with Crippen LogP contribution in [0.2, 0.25) is 0 Å². The van der Waals surface area contributed by atoms with Crippen LogP contribution in [0, 0.1) is 0 Å². The van der Waals surface area contributed by atoms with Crippen molar-refractivity contribution in [2.45, 2.75) is 33.1 Å². The molecule has 18 heavy (non-hydrogen) atoms. The van der Waals surface area contributed by atoms with Crippen LogP contribution >= 0.6 is 0 Å². The van der Waals surface area contributed by atoms with Gasteiger partial charge in [-0.2, -0.15) is 0 Å². The van der Waals surface area contributed by atoms with E-state index in [9.17, 15) is 0 Å². The molecule has 2 rings (SSSR count). The molecule has 0 atom stereocenters. The maximum absolute atomic E-state index is 5.92. The predicted octanol–water partition coefficient (Wildman–Crippen LogP) is 3.38. The van der Waals surface area contributed by atoms with Crippen molar-refractivity contribution in [1.82, 2.24) is 4.98 Å². The number of rotatable bonds is 4. The van der Waals surface area contributed by atoms with Gasteiger partial charge < -0.3 is 5.73 Å². The summed E-state index contributed by atoms with van der Waals surface area (Å²) in [5.74, 6) is 0. The smallest absolute Gasteiger partial charge is 0.0447 e. The first-order valence-electron chi connectivity index (χ1n) is 6.54. The Morgan fingerprint density at radius 3 is 2.39 bits per heavy atom. The second kappa shape index (κ2) is 5.67. The molecule has 0 aliphatic rings. The Balaban J connectivity index is 2.17. The van der Waals surface area contributed by atoms with E-state index in [0.717, 1.165) is 30.6 Å². The van der Waals surface area contributed by atoms with Crippen LogP contribution in [0.5, 0.6) is 0 Å². The van der Waals surface area contributed by atoms with Crippen molar-refractivity contribution in [2.75, 3.05) is 5.73 Å². The van der Waals surface area contributed by atoms with E-state index < -0.39 is 0 Å². The predicted molar refractivity (Wildman–Crippen MR) is 76.7 cm³/mol. The molecule has 1 aromatic carbocycles. The van der Waals surface area contributed by atoms with E-state index in [1.54, 1.807) is 0 Å². The van der Waals surface area contributed by atoms with Gasteiger partial charge in [0.25, 0.3) is 0 Å². The Bertz CT molecular complexity index is 515. The molecule has 0 saturated carbocycles. The van der Waals surface area contributed by atoms with Gasteiger partial charge in [0.15, 0.2) is 0 Å². The number of aromatic nitrogens is 1. The van der Waals surface area contributed by atoms with Gasteiger partial charge >= 0.3 is 0 Å². The molecular formula is C16H20N2. The summed E-state index contributed by atoms with van der Waals surface area (Å²) in [4.78, 5) is 4.49. The lowest BCUT2D eigenvalue weighted by atomic mass is 10.0. The Morgan fingerprint density at radius 2 is 1.78 bits per heavy atom. The first-order valence-corrected chi connectivity index (χ1v) is 6.54. The summed E-state index contributed by atoms with van der Waals surface area (Å²) in [5, 5.41) is 0. The zero-order chi connectivity index (χ0) is 13.0. The molecule has 0 unspecified atom stereocenters. The molecule has 1 heterocycles. The standard InChI is InChI=1S/C16H20N2/c1-3-12-5-7-15(18-11-12)10-13-6-8-16(17)14(4-2)9-13/h5-9,11H,3-4,10,17H2,1-2H3. The SMILES string of the molecule is CCc1ccc(Cc2ccc(N)c(CC)c2)nc1. The highest BCUT2D eigenvalue weighted by atomic mass is 14.7. The van der Waals surface area contributed by atoms with Crippen molar-refractivity contribution < 1.29 is 0 Å². The fourth-order valence-electron chi connectivity index (χ4n) is 2.05. The first kappa shape index (κ1) is 12.6. The highest BCUT2D eigenvalue weighted by molar-refractivity contribution is 5.49. The van der Waals surface area contributed by atoms with Gasteiger partial charge in [0.2, 0.25) is 0 Å². The molecule has 0 radical (unpaired) electrons. The fourth-order valence-corrected chi connectivity index (χ4v) is 2.05. The number of nitrogen functional groups attached to an aromatic ring is 1. The third-order valence-corrected chi connectivity index (χ3v) is 3.27. The van der Waals surface area contributed by atoms with Gasteiger partial charge in [-0.15, -0.1) is 0 Å². The van der Waals surface area contributed by atoms with Crippen molar-refractivity contribution in [2.24, 2.45) is 0 Å². The number of nitrogens with two attached hydrogens (primary N) is 1. The quantitative estimate of drug-likeness (QED) is 0.832. The molecule has 0 bridgehead atoms. The molecule has 0 spiro atoms. The average molecular weight is 240 g/mol. The topological polar surface area (TPSA) is 38.9 Å². The summed E-state index contributed by atoms with van der Waals surface area (Å²) in [7, 11) is 0. The number of pyridine rings is 1. The lowest BCUT2D eigenvalue weighted by molar-refractivity contribution is 1.02. The largest absolute Gasteiger partial charge is 0.399 e. The van der Waals surface area contributed by atoms with E-state index in [1.165, 1.54) is 16.7 Å². The van der Waals surface area contributed by atoms with E-state index in [-0.39, 0.29) is 0 Å². The van der Waals surface area contributed by atoms with Crippen LogP contribution in [-0.4, -0.2) is 4.98 Å². The van der Waals surface area contributed by atoms with Gasteiger partial charge in [-0.1, -0.05) is 32.0 Å². The first-order chi connectivity index (χ1) is 8.72. The summed E-state index contributed by atoms with van der Waals surface area (Å²) in [5.41, 5.74) is 11.7. The van der Waals surface area contributed by atoms with Crippen molar-refractivity contribution in [3.63, 3.8) is 0 Å². The maximum atomic E-state index is 5.92. The molecule has 0 fully saturated rings. The number of nitrogens with zero attached hydrogens (tertiary/aromatic N) is 1. The minimum absolute atomic E-state index is 0.872. The zero-order valence-corrected chi connectivity index (χ0v) is 11.1. The lowest BCUT2D eigenvalue weighted by Crippen LogP contribution is -1.97. The van der Waals surface area contributed by atoms with Crippen molar-refractivity contribution >= 4 is 5.69 Å². The Morgan fingerprint density at radius 1 is 1.00 bits per heavy atom. The molecule has 0 aliphatic heterocycles. The van der Waals surface area contributed by atoms with E-state index >= 15 is 0 Å². The minimum atomic E-state index is 0.872. The summed E-state index contributed by atoms with van der Waals surface area (Å²) in [6, 6.07) is 10.5. The van der Waals surface area contributed by atoms with Crippen molar-refractivity contribution in [1.29, 1.82) is 0 Å². The van der Waals surface area contributed by atoms with E-state index in [1.807, 2.05) is 12.3 Å². The highest BCUT2D eigenvalue weighted by Crippen LogP contribution is 2.17. The van der Waals surface area contributed by atoms with Gasteiger partial charge in [0, 0.05) is 24.0 Å².